The average Bonchev–Trinajstić information content (AvgIpc) is 2.74. The fourth-order valence-electron chi connectivity index (χ4n) is 2.05. The molecule has 1 saturated heterocycles. The first-order valence-electron chi connectivity index (χ1n) is 5.98. The number of halogens is 1. The van der Waals surface area contributed by atoms with E-state index in [2.05, 4.69) is 26.1 Å². The maximum atomic E-state index is 12.2. The third-order valence-electron chi connectivity index (χ3n) is 3.15. The number of hydrogen-bond donors (Lipinski definition) is 0. The molecule has 2 heterocycles. The highest BCUT2D eigenvalue weighted by Crippen LogP contribution is 2.27. The predicted octanol–water partition coefficient (Wildman–Crippen LogP) is 2.38. The summed E-state index contributed by atoms with van der Waals surface area (Å²) in [6.45, 7) is 3.06. The van der Waals surface area contributed by atoms with Crippen molar-refractivity contribution in [3.05, 3.63) is 46.0 Å². The van der Waals surface area contributed by atoms with Gasteiger partial charge in [0.2, 0.25) is 5.89 Å². The van der Waals surface area contributed by atoms with Crippen molar-refractivity contribution in [3.8, 4) is 0 Å². The Balaban J connectivity index is 1.64. The Morgan fingerprint density at radius 2 is 2.05 bits per heavy atom. The van der Waals surface area contributed by atoms with Gasteiger partial charge in [-0.25, -0.2) is 0 Å². The molecule has 0 atom stereocenters. The highest BCUT2D eigenvalue weighted by atomic mass is 79.9. The van der Waals surface area contributed by atoms with Gasteiger partial charge in [-0.05, 0) is 31.2 Å². The molecule has 0 aliphatic carbocycles. The van der Waals surface area contributed by atoms with Crippen LogP contribution in [-0.2, 0) is 0 Å². The molecule has 1 aromatic heterocycles. The summed E-state index contributed by atoms with van der Waals surface area (Å²) in [6, 6.07) is 7.37. The zero-order valence-corrected chi connectivity index (χ0v) is 11.9. The summed E-state index contributed by atoms with van der Waals surface area (Å²) in [7, 11) is 0. The van der Waals surface area contributed by atoms with Crippen LogP contribution < -0.4 is 0 Å². The number of nitrogens with zero attached hydrogens (tertiary/aromatic N) is 3. The number of likely N-dealkylation sites (tertiary alicyclic amines) is 1. The number of aromatic nitrogens is 2. The molecule has 0 radical (unpaired) electrons. The van der Waals surface area contributed by atoms with Gasteiger partial charge in [0.15, 0.2) is 5.82 Å². The van der Waals surface area contributed by atoms with E-state index in [1.165, 1.54) is 0 Å². The zero-order chi connectivity index (χ0) is 13.4. The normalized spacial score (nSPS) is 15.4. The molecule has 1 aliphatic rings. The maximum absolute atomic E-state index is 12.2. The third kappa shape index (κ3) is 2.40. The van der Waals surface area contributed by atoms with Crippen LogP contribution in [0.5, 0.6) is 0 Å². The van der Waals surface area contributed by atoms with Crippen LogP contribution in [0, 0.1) is 6.92 Å². The molecule has 5 nitrogen and oxygen atoms in total. The van der Waals surface area contributed by atoms with Crippen LogP contribution in [0.15, 0.2) is 33.3 Å². The molecular weight excluding hydrogens is 310 g/mol. The third-order valence-corrected chi connectivity index (χ3v) is 3.68. The largest absolute Gasteiger partial charge is 0.339 e. The lowest BCUT2D eigenvalue weighted by Gasteiger charge is -2.37. The fraction of sp³-hybridized carbons (Fsp3) is 0.308. The molecule has 98 valence electrons. The minimum absolute atomic E-state index is 0.0417. The Morgan fingerprint density at radius 1 is 1.37 bits per heavy atom. The second-order valence-corrected chi connectivity index (χ2v) is 5.51. The molecule has 0 unspecified atom stereocenters. The molecule has 0 saturated carbocycles. The zero-order valence-electron chi connectivity index (χ0n) is 10.3. The lowest BCUT2D eigenvalue weighted by Crippen LogP contribution is -2.48. The molecule has 3 rings (SSSR count). The number of amides is 1. The first-order chi connectivity index (χ1) is 9.13. The molecule has 0 spiro atoms. The van der Waals surface area contributed by atoms with Crippen molar-refractivity contribution in [3.63, 3.8) is 0 Å². The molecule has 0 N–H and O–H groups in total. The standard InChI is InChI=1S/C13H12BrN3O2/c1-8-15-12(19-16-8)10-6-17(7-10)13(18)9-2-4-11(14)5-3-9/h2-5,10H,6-7H2,1H3. The topological polar surface area (TPSA) is 59.2 Å². The van der Waals surface area contributed by atoms with E-state index in [1.54, 1.807) is 11.8 Å². The first-order valence-corrected chi connectivity index (χ1v) is 6.78. The minimum atomic E-state index is 0.0417. The number of benzene rings is 1. The number of aryl methyl sites for hydroxylation is 1. The van der Waals surface area contributed by atoms with Gasteiger partial charge < -0.3 is 9.42 Å². The van der Waals surface area contributed by atoms with Gasteiger partial charge in [-0.3, -0.25) is 4.79 Å². The van der Waals surface area contributed by atoms with Gasteiger partial charge in [0.1, 0.15) is 0 Å². The summed E-state index contributed by atoms with van der Waals surface area (Å²) in [4.78, 5) is 18.1. The van der Waals surface area contributed by atoms with E-state index in [-0.39, 0.29) is 11.8 Å². The molecule has 1 amide bonds. The molecule has 1 aliphatic heterocycles. The van der Waals surface area contributed by atoms with Crippen molar-refractivity contribution in [2.75, 3.05) is 13.1 Å². The van der Waals surface area contributed by atoms with Gasteiger partial charge >= 0.3 is 0 Å². The van der Waals surface area contributed by atoms with Crippen LogP contribution in [0.25, 0.3) is 0 Å². The first kappa shape index (κ1) is 12.3. The number of hydrogen-bond acceptors (Lipinski definition) is 4. The van der Waals surface area contributed by atoms with E-state index in [4.69, 9.17) is 4.52 Å². The van der Waals surface area contributed by atoms with Crippen LogP contribution in [0.2, 0.25) is 0 Å². The number of carbonyl (C=O) groups excluding carboxylic acids is 1. The molecular formula is C13H12BrN3O2. The summed E-state index contributed by atoms with van der Waals surface area (Å²) in [6.07, 6.45) is 0. The summed E-state index contributed by atoms with van der Waals surface area (Å²) in [5.74, 6) is 1.46. The van der Waals surface area contributed by atoms with Crippen molar-refractivity contribution in [2.45, 2.75) is 12.8 Å². The Morgan fingerprint density at radius 3 is 2.63 bits per heavy atom. The molecule has 19 heavy (non-hydrogen) atoms. The summed E-state index contributed by atoms with van der Waals surface area (Å²) >= 11 is 3.35. The van der Waals surface area contributed by atoms with E-state index < -0.39 is 0 Å². The van der Waals surface area contributed by atoms with Crippen LogP contribution in [0.1, 0.15) is 28.0 Å². The fourth-order valence-corrected chi connectivity index (χ4v) is 2.32. The molecule has 6 heteroatoms. The Hall–Kier alpha value is -1.69. The van der Waals surface area contributed by atoms with E-state index in [9.17, 15) is 4.79 Å². The van der Waals surface area contributed by atoms with Crippen molar-refractivity contribution >= 4 is 21.8 Å². The summed E-state index contributed by atoms with van der Waals surface area (Å²) in [5.41, 5.74) is 0.698. The van der Waals surface area contributed by atoms with E-state index in [0.717, 1.165) is 4.47 Å². The van der Waals surface area contributed by atoms with Crippen LogP contribution in [-0.4, -0.2) is 34.0 Å². The summed E-state index contributed by atoms with van der Waals surface area (Å²) in [5, 5.41) is 3.76. The molecule has 2 aromatic rings. The Bertz CT molecular complexity index is 603. The highest BCUT2D eigenvalue weighted by molar-refractivity contribution is 9.10. The van der Waals surface area contributed by atoms with Gasteiger partial charge in [-0.15, -0.1) is 0 Å². The van der Waals surface area contributed by atoms with Gasteiger partial charge in [-0.1, -0.05) is 21.1 Å². The molecule has 0 bridgehead atoms. The van der Waals surface area contributed by atoms with Gasteiger partial charge in [0.05, 0.1) is 5.92 Å². The van der Waals surface area contributed by atoms with Crippen molar-refractivity contribution in [1.82, 2.24) is 15.0 Å². The van der Waals surface area contributed by atoms with Crippen molar-refractivity contribution < 1.29 is 9.32 Å². The summed E-state index contributed by atoms with van der Waals surface area (Å²) < 4.78 is 6.08. The van der Waals surface area contributed by atoms with Gasteiger partial charge in [0.25, 0.3) is 5.91 Å². The molecule has 1 fully saturated rings. The van der Waals surface area contributed by atoms with Gasteiger partial charge in [0, 0.05) is 23.1 Å². The van der Waals surface area contributed by atoms with E-state index in [1.807, 2.05) is 24.3 Å². The number of carbonyl (C=O) groups is 1. The van der Waals surface area contributed by atoms with Crippen LogP contribution in [0.4, 0.5) is 0 Å². The lowest BCUT2D eigenvalue weighted by molar-refractivity contribution is 0.0569. The lowest BCUT2D eigenvalue weighted by atomic mass is 9.99. The average molecular weight is 322 g/mol. The number of rotatable bonds is 2. The minimum Gasteiger partial charge on any atom is -0.339 e. The highest BCUT2D eigenvalue weighted by Gasteiger charge is 2.35. The van der Waals surface area contributed by atoms with Crippen LogP contribution >= 0.6 is 15.9 Å². The smallest absolute Gasteiger partial charge is 0.253 e. The quantitative estimate of drug-likeness (QED) is 0.852. The van der Waals surface area contributed by atoms with Crippen LogP contribution in [0.3, 0.4) is 0 Å². The monoisotopic (exact) mass is 321 g/mol. The van der Waals surface area contributed by atoms with E-state index in [0.29, 0.717) is 30.4 Å². The van der Waals surface area contributed by atoms with Crippen molar-refractivity contribution in [1.29, 1.82) is 0 Å². The van der Waals surface area contributed by atoms with E-state index >= 15 is 0 Å². The van der Waals surface area contributed by atoms with Gasteiger partial charge in [-0.2, -0.15) is 4.98 Å². The Kier molecular flexibility index (Phi) is 3.10. The SMILES string of the molecule is Cc1noc(C2CN(C(=O)c3ccc(Br)cc3)C2)n1. The maximum Gasteiger partial charge on any atom is 0.253 e. The second kappa shape index (κ2) is 4.77. The molecule has 1 aromatic carbocycles. The second-order valence-electron chi connectivity index (χ2n) is 4.59. The Labute approximate surface area is 118 Å². The van der Waals surface area contributed by atoms with Crippen molar-refractivity contribution in [2.24, 2.45) is 0 Å². The predicted molar refractivity (Wildman–Crippen MR) is 71.8 cm³/mol.